The summed E-state index contributed by atoms with van der Waals surface area (Å²) in [5, 5.41) is 84.4. The van der Waals surface area contributed by atoms with Crippen LogP contribution in [0.2, 0.25) is 0 Å². The molecule has 1 heterocycles. The summed E-state index contributed by atoms with van der Waals surface area (Å²) in [6.07, 6.45) is -14.7. The largest absolute Gasteiger partial charge is 0.394 e. The van der Waals surface area contributed by atoms with Gasteiger partial charge in [-0.05, 0) is 0 Å². The molecule has 9 atom stereocenters. The first-order chi connectivity index (χ1) is 10.7. The molecule has 0 unspecified atom stereocenters. The maximum atomic E-state index is 9.80. The molecular formula is C12H24O11. The summed E-state index contributed by atoms with van der Waals surface area (Å²) in [5.41, 5.74) is 0. The molecule has 1 saturated heterocycles. The van der Waals surface area contributed by atoms with Crippen LogP contribution < -0.4 is 0 Å². The molecule has 9 N–H and O–H groups in total. The fourth-order valence-electron chi connectivity index (χ4n) is 2.14. The van der Waals surface area contributed by atoms with Gasteiger partial charge in [0.25, 0.3) is 0 Å². The Kier molecular flexibility index (Phi) is 8.20. The standard InChI is InChI=1S/C12H24O11/c13-1-4(15)7(17)8(18)5(16)3-22-11-6(2-14)23-12(21)10(20)9(11)19/h4-21H,1-3H2/t4-,5-,6+,7+,8-,9+,10+,11+,12+/m1/s1. The van der Waals surface area contributed by atoms with Crippen molar-refractivity contribution in [1.29, 1.82) is 0 Å². The van der Waals surface area contributed by atoms with Gasteiger partial charge in [0, 0.05) is 0 Å². The number of hydrogen-bond donors (Lipinski definition) is 9. The zero-order valence-electron chi connectivity index (χ0n) is 12.2. The summed E-state index contributed by atoms with van der Waals surface area (Å²) in [7, 11) is 0. The zero-order chi connectivity index (χ0) is 17.7. The van der Waals surface area contributed by atoms with Crippen LogP contribution in [0, 0.1) is 0 Å². The summed E-state index contributed by atoms with van der Waals surface area (Å²) in [4.78, 5) is 0. The molecule has 0 aromatic rings. The van der Waals surface area contributed by atoms with Crippen LogP contribution >= 0.6 is 0 Å². The molecule has 23 heavy (non-hydrogen) atoms. The van der Waals surface area contributed by atoms with E-state index in [1.807, 2.05) is 0 Å². The molecule has 0 radical (unpaired) electrons. The number of ether oxygens (including phenoxy) is 2. The third-order valence-electron chi connectivity index (χ3n) is 3.62. The molecular weight excluding hydrogens is 320 g/mol. The van der Waals surface area contributed by atoms with E-state index in [0.29, 0.717) is 0 Å². The zero-order valence-corrected chi connectivity index (χ0v) is 12.2. The molecule has 1 rings (SSSR count). The molecule has 11 nitrogen and oxygen atoms in total. The van der Waals surface area contributed by atoms with Gasteiger partial charge >= 0.3 is 0 Å². The molecule has 0 amide bonds. The number of aliphatic hydroxyl groups excluding tert-OH is 9. The summed E-state index contributed by atoms with van der Waals surface area (Å²) >= 11 is 0. The molecule has 138 valence electrons. The van der Waals surface area contributed by atoms with Gasteiger partial charge in [-0.15, -0.1) is 0 Å². The number of rotatable bonds is 8. The van der Waals surface area contributed by atoms with Crippen LogP contribution in [0.25, 0.3) is 0 Å². The lowest BCUT2D eigenvalue weighted by atomic mass is 9.98. The van der Waals surface area contributed by atoms with Crippen LogP contribution in [0.5, 0.6) is 0 Å². The van der Waals surface area contributed by atoms with E-state index in [0.717, 1.165) is 0 Å². The maximum absolute atomic E-state index is 9.80. The Bertz CT molecular complexity index is 341. The first kappa shape index (κ1) is 20.6. The third-order valence-corrected chi connectivity index (χ3v) is 3.62. The Balaban J connectivity index is 2.60. The average Bonchev–Trinajstić information content (AvgIpc) is 2.55. The van der Waals surface area contributed by atoms with Crippen molar-refractivity contribution in [3.05, 3.63) is 0 Å². The highest BCUT2D eigenvalue weighted by Gasteiger charge is 2.45. The second kappa shape index (κ2) is 9.15. The fraction of sp³-hybridized carbons (Fsp3) is 1.00. The van der Waals surface area contributed by atoms with Crippen molar-refractivity contribution >= 4 is 0 Å². The van der Waals surface area contributed by atoms with Crippen molar-refractivity contribution in [1.82, 2.24) is 0 Å². The first-order valence-electron chi connectivity index (χ1n) is 6.99. The summed E-state index contributed by atoms with van der Waals surface area (Å²) in [6, 6.07) is 0. The minimum absolute atomic E-state index is 0.652. The normalized spacial score (nSPS) is 37.2. The van der Waals surface area contributed by atoms with E-state index >= 15 is 0 Å². The van der Waals surface area contributed by atoms with E-state index in [-0.39, 0.29) is 0 Å². The third kappa shape index (κ3) is 5.01. The summed E-state index contributed by atoms with van der Waals surface area (Å²) < 4.78 is 9.92. The molecule has 0 aliphatic carbocycles. The van der Waals surface area contributed by atoms with Crippen molar-refractivity contribution in [2.45, 2.75) is 55.1 Å². The van der Waals surface area contributed by atoms with Crippen LogP contribution in [0.4, 0.5) is 0 Å². The van der Waals surface area contributed by atoms with Gasteiger partial charge in [-0.25, -0.2) is 0 Å². The van der Waals surface area contributed by atoms with Crippen LogP contribution in [0.3, 0.4) is 0 Å². The van der Waals surface area contributed by atoms with Gasteiger partial charge in [0.15, 0.2) is 6.29 Å². The monoisotopic (exact) mass is 344 g/mol. The lowest BCUT2D eigenvalue weighted by molar-refractivity contribution is -0.297. The smallest absolute Gasteiger partial charge is 0.184 e. The van der Waals surface area contributed by atoms with E-state index in [1.54, 1.807) is 0 Å². The van der Waals surface area contributed by atoms with Crippen molar-refractivity contribution < 1.29 is 55.4 Å². The van der Waals surface area contributed by atoms with Crippen molar-refractivity contribution in [2.24, 2.45) is 0 Å². The molecule has 1 aliphatic rings. The Hall–Kier alpha value is -0.440. The van der Waals surface area contributed by atoms with E-state index in [9.17, 15) is 35.7 Å². The van der Waals surface area contributed by atoms with Crippen LogP contribution in [0.15, 0.2) is 0 Å². The van der Waals surface area contributed by atoms with Crippen LogP contribution in [-0.2, 0) is 9.47 Å². The molecule has 1 fully saturated rings. The minimum Gasteiger partial charge on any atom is -0.394 e. The molecule has 0 aromatic carbocycles. The lowest BCUT2D eigenvalue weighted by Crippen LogP contribution is -2.60. The summed E-state index contributed by atoms with van der Waals surface area (Å²) in [6.45, 7) is -2.14. The van der Waals surface area contributed by atoms with Crippen LogP contribution in [0.1, 0.15) is 0 Å². The van der Waals surface area contributed by atoms with E-state index in [1.165, 1.54) is 0 Å². The number of aliphatic hydroxyl groups is 9. The summed E-state index contributed by atoms with van der Waals surface area (Å²) in [5.74, 6) is 0. The molecule has 0 aromatic heterocycles. The van der Waals surface area contributed by atoms with E-state index in [4.69, 9.17) is 19.7 Å². The predicted molar refractivity (Wildman–Crippen MR) is 70.8 cm³/mol. The first-order valence-corrected chi connectivity index (χ1v) is 6.99. The van der Waals surface area contributed by atoms with E-state index in [2.05, 4.69) is 0 Å². The van der Waals surface area contributed by atoms with Gasteiger partial charge in [-0.3, -0.25) is 0 Å². The van der Waals surface area contributed by atoms with Crippen LogP contribution in [-0.4, -0.2) is 121 Å². The van der Waals surface area contributed by atoms with Crippen molar-refractivity contribution in [3.8, 4) is 0 Å². The van der Waals surface area contributed by atoms with Gasteiger partial charge < -0.3 is 55.4 Å². The van der Waals surface area contributed by atoms with Gasteiger partial charge in [-0.1, -0.05) is 0 Å². The highest BCUT2D eigenvalue weighted by molar-refractivity contribution is 4.90. The van der Waals surface area contributed by atoms with Gasteiger partial charge in [0.1, 0.15) is 48.8 Å². The average molecular weight is 344 g/mol. The molecule has 1 aliphatic heterocycles. The molecule has 11 heteroatoms. The Morgan fingerprint density at radius 3 is 1.96 bits per heavy atom. The maximum Gasteiger partial charge on any atom is 0.184 e. The Labute approximate surface area is 131 Å². The molecule has 0 bridgehead atoms. The highest BCUT2D eigenvalue weighted by atomic mass is 16.7. The van der Waals surface area contributed by atoms with E-state index < -0.39 is 74.9 Å². The van der Waals surface area contributed by atoms with Gasteiger partial charge in [0.05, 0.1) is 19.8 Å². The second-order valence-corrected chi connectivity index (χ2v) is 5.33. The highest BCUT2D eigenvalue weighted by Crippen LogP contribution is 2.22. The number of hydrogen-bond acceptors (Lipinski definition) is 11. The lowest BCUT2D eigenvalue weighted by Gasteiger charge is -2.40. The quantitative estimate of drug-likeness (QED) is 0.203. The predicted octanol–water partition coefficient (Wildman–Crippen LogP) is -5.76. The van der Waals surface area contributed by atoms with Crippen molar-refractivity contribution in [2.75, 3.05) is 19.8 Å². The molecule has 0 spiro atoms. The Morgan fingerprint density at radius 2 is 1.43 bits per heavy atom. The topological polar surface area (TPSA) is 201 Å². The molecule has 0 saturated carbocycles. The Morgan fingerprint density at radius 1 is 0.870 bits per heavy atom. The van der Waals surface area contributed by atoms with Gasteiger partial charge in [0.2, 0.25) is 0 Å². The second-order valence-electron chi connectivity index (χ2n) is 5.33. The SMILES string of the molecule is OC[C@@H](O)[C@H](O)[C@H](O)[C@H](O)CO[C@@H]1[C@@H](O)[C@H](O)[C@@H](O)O[C@H]1CO. The minimum atomic E-state index is -1.86. The fourth-order valence-corrected chi connectivity index (χ4v) is 2.14. The van der Waals surface area contributed by atoms with Crippen molar-refractivity contribution in [3.63, 3.8) is 0 Å². The van der Waals surface area contributed by atoms with Gasteiger partial charge in [-0.2, -0.15) is 0 Å².